The van der Waals surface area contributed by atoms with E-state index in [9.17, 15) is 4.79 Å². The van der Waals surface area contributed by atoms with Crippen molar-refractivity contribution in [2.24, 2.45) is 0 Å². The van der Waals surface area contributed by atoms with Crippen molar-refractivity contribution in [1.29, 1.82) is 0 Å². The summed E-state index contributed by atoms with van der Waals surface area (Å²) in [4.78, 5) is 18.2. The average Bonchev–Trinajstić information content (AvgIpc) is 3.03. The van der Waals surface area contributed by atoms with Gasteiger partial charge in [-0.1, -0.05) is 43.3 Å². The van der Waals surface area contributed by atoms with Crippen LogP contribution < -0.4 is 0 Å². The first-order valence-corrected chi connectivity index (χ1v) is 8.25. The third-order valence-electron chi connectivity index (χ3n) is 3.97. The molecule has 2 aromatic rings. The molecule has 1 amide bonds. The van der Waals surface area contributed by atoms with Gasteiger partial charge in [-0.05, 0) is 25.3 Å². The van der Waals surface area contributed by atoms with E-state index < -0.39 is 0 Å². The molecule has 0 atom stereocenters. The predicted molar refractivity (Wildman–Crippen MR) is 90.1 cm³/mol. The molecule has 0 aliphatic heterocycles. The fraction of sp³-hybridized carbons (Fsp3) is 0.500. The second-order valence-electron chi connectivity index (χ2n) is 5.85. The van der Waals surface area contributed by atoms with E-state index in [0.29, 0.717) is 30.5 Å². The molecule has 124 valence electrons. The number of aryl methyl sites for hydroxylation is 1. The lowest BCUT2D eigenvalue weighted by Gasteiger charge is -2.17. The van der Waals surface area contributed by atoms with E-state index in [4.69, 9.17) is 4.52 Å². The van der Waals surface area contributed by atoms with E-state index >= 15 is 0 Å². The summed E-state index contributed by atoms with van der Waals surface area (Å²) >= 11 is 0. The van der Waals surface area contributed by atoms with Gasteiger partial charge in [0.15, 0.2) is 0 Å². The van der Waals surface area contributed by atoms with E-state index in [-0.39, 0.29) is 5.91 Å². The van der Waals surface area contributed by atoms with Crippen LogP contribution in [0.15, 0.2) is 28.8 Å². The van der Waals surface area contributed by atoms with Crippen LogP contribution in [-0.2, 0) is 11.2 Å². The van der Waals surface area contributed by atoms with Gasteiger partial charge < -0.3 is 9.42 Å². The van der Waals surface area contributed by atoms with Crippen molar-refractivity contribution in [3.8, 4) is 11.4 Å². The summed E-state index contributed by atoms with van der Waals surface area (Å²) in [5, 5.41) is 4.01. The normalized spacial score (nSPS) is 11.0. The van der Waals surface area contributed by atoms with Crippen molar-refractivity contribution in [1.82, 2.24) is 15.0 Å². The van der Waals surface area contributed by atoms with Crippen LogP contribution in [-0.4, -0.2) is 34.0 Å². The Kier molecular flexibility index (Phi) is 5.90. The molecule has 0 saturated heterocycles. The van der Waals surface area contributed by atoms with Gasteiger partial charge in [-0.3, -0.25) is 4.79 Å². The third-order valence-corrected chi connectivity index (χ3v) is 3.97. The summed E-state index contributed by atoms with van der Waals surface area (Å²) in [7, 11) is 0. The molecular formula is C18H25N3O2. The van der Waals surface area contributed by atoms with Crippen molar-refractivity contribution in [2.45, 2.75) is 46.5 Å². The minimum absolute atomic E-state index is 0.121. The summed E-state index contributed by atoms with van der Waals surface area (Å²) in [5.74, 6) is 1.70. The van der Waals surface area contributed by atoms with E-state index in [1.807, 2.05) is 30.9 Å². The number of carbonyl (C=O) groups excluding carboxylic acids is 1. The Bertz CT molecular complexity index is 628. The maximum absolute atomic E-state index is 12.0. The maximum atomic E-state index is 12.0. The zero-order valence-corrected chi connectivity index (χ0v) is 14.4. The predicted octanol–water partition coefficient (Wildman–Crippen LogP) is 3.66. The summed E-state index contributed by atoms with van der Waals surface area (Å²) < 4.78 is 5.26. The number of hydrogen-bond donors (Lipinski definition) is 0. The van der Waals surface area contributed by atoms with Crippen molar-refractivity contribution in [3.05, 3.63) is 35.7 Å². The van der Waals surface area contributed by atoms with E-state index in [1.54, 1.807) is 0 Å². The van der Waals surface area contributed by atoms with Crippen molar-refractivity contribution >= 4 is 5.91 Å². The van der Waals surface area contributed by atoms with E-state index in [0.717, 1.165) is 18.7 Å². The fourth-order valence-electron chi connectivity index (χ4n) is 2.44. The van der Waals surface area contributed by atoms with Gasteiger partial charge in [0.1, 0.15) is 0 Å². The average molecular weight is 315 g/mol. The maximum Gasteiger partial charge on any atom is 0.227 e. The Morgan fingerprint density at radius 3 is 2.39 bits per heavy atom. The Morgan fingerprint density at radius 1 is 1.17 bits per heavy atom. The fourth-order valence-corrected chi connectivity index (χ4v) is 2.44. The largest absolute Gasteiger partial charge is 0.343 e. The molecule has 1 aromatic carbocycles. The lowest BCUT2D eigenvalue weighted by atomic mass is 10.0. The first-order valence-electron chi connectivity index (χ1n) is 8.25. The zero-order valence-electron chi connectivity index (χ0n) is 14.4. The summed E-state index contributed by atoms with van der Waals surface area (Å²) in [5.41, 5.74) is 2.21. The molecule has 5 nitrogen and oxygen atoms in total. The lowest BCUT2D eigenvalue weighted by Crippen LogP contribution is -2.30. The highest BCUT2D eigenvalue weighted by atomic mass is 16.5. The van der Waals surface area contributed by atoms with Crippen LogP contribution in [0.5, 0.6) is 0 Å². The molecule has 0 aliphatic rings. The van der Waals surface area contributed by atoms with Gasteiger partial charge in [0.25, 0.3) is 0 Å². The molecule has 0 aliphatic carbocycles. The van der Waals surface area contributed by atoms with Crippen LogP contribution in [0.3, 0.4) is 0 Å². The van der Waals surface area contributed by atoms with Crippen molar-refractivity contribution < 1.29 is 9.32 Å². The molecule has 0 saturated carbocycles. The lowest BCUT2D eigenvalue weighted by molar-refractivity contribution is -0.130. The Labute approximate surface area is 137 Å². The third kappa shape index (κ3) is 4.41. The standard InChI is InChI=1S/C18H25N3O2/c1-5-21(6-2)17(22)12-11-16-19-18(20-23-16)15-9-7-14(8-10-15)13(3)4/h7-10,13H,5-6,11-12H2,1-4H3. The first-order chi connectivity index (χ1) is 11.0. The molecule has 23 heavy (non-hydrogen) atoms. The highest BCUT2D eigenvalue weighted by Gasteiger charge is 2.13. The van der Waals surface area contributed by atoms with Crippen molar-refractivity contribution in [3.63, 3.8) is 0 Å². The molecule has 0 spiro atoms. The Morgan fingerprint density at radius 2 is 1.83 bits per heavy atom. The quantitative estimate of drug-likeness (QED) is 0.782. The molecule has 0 N–H and O–H groups in total. The number of aromatic nitrogens is 2. The number of carbonyl (C=O) groups is 1. The van der Waals surface area contributed by atoms with Gasteiger partial charge in [-0.25, -0.2) is 0 Å². The summed E-state index contributed by atoms with van der Waals surface area (Å²) in [6.45, 7) is 9.74. The van der Waals surface area contributed by atoms with Crippen LogP contribution in [0.1, 0.15) is 51.5 Å². The topological polar surface area (TPSA) is 59.2 Å². The summed E-state index contributed by atoms with van der Waals surface area (Å²) in [6, 6.07) is 8.18. The highest BCUT2D eigenvalue weighted by Crippen LogP contribution is 2.20. The van der Waals surface area contributed by atoms with Crippen LogP contribution in [0.4, 0.5) is 0 Å². The molecule has 0 radical (unpaired) electrons. The highest BCUT2D eigenvalue weighted by molar-refractivity contribution is 5.76. The molecule has 0 unspecified atom stereocenters. The van der Waals surface area contributed by atoms with Crippen molar-refractivity contribution in [2.75, 3.05) is 13.1 Å². The van der Waals surface area contributed by atoms with Gasteiger partial charge in [0.2, 0.25) is 17.6 Å². The van der Waals surface area contributed by atoms with Crippen LogP contribution in [0.2, 0.25) is 0 Å². The van der Waals surface area contributed by atoms with Crippen LogP contribution >= 0.6 is 0 Å². The molecule has 0 fully saturated rings. The van der Waals surface area contributed by atoms with Crippen LogP contribution in [0, 0.1) is 0 Å². The van der Waals surface area contributed by atoms with Gasteiger partial charge in [0, 0.05) is 31.5 Å². The van der Waals surface area contributed by atoms with Gasteiger partial charge in [0.05, 0.1) is 0 Å². The number of nitrogens with zero attached hydrogens (tertiary/aromatic N) is 3. The van der Waals surface area contributed by atoms with Gasteiger partial charge in [-0.2, -0.15) is 4.98 Å². The molecule has 1 aromatic heterocycles. The van der Waals surface area contributed by atoms with Gasteiger partial charge >= 0.3 is 0 Å². The number of rotatable bonds is 7. The zero-order chi connectivity index (χ0) is 16.8. The number of benzene rings is 1. The molecule has 0 bridgehead atoms. The monoisotopic (exact) mass is 315 g/mol. The smallest absolute Gasteiger partial charge is 0.227 e. The summed E-state index contributed by atoms with van der Waals surface area (Å²) in [6.07, 6.45) is 0.877. The minimum Gasteiger partial charge on any atom is -0.343 e. The second kappa shape index (κ2) is 7.90. The number of amides is 1. The van der Waals surface area contributed by atoms with E-state index in [1.165, 1.54) is 5.56 Å². The first kappa shape index (κ1) is 17.2. The molecule has 5 heteroatoms. The number of hydrogen-bond acceptors (Lipinski definition) is 4. The second-order valence-corrected chi connectivity index (χ2v) is 5.85. The molecule has 1 heterocycles. The Hall–Kier alpha value is -2.17. The van der Waals surface area contributed by atoms with Crippen LogP contribution in [0.25, 0.3) is 11.4 Å². The Balaban J connectivity index is 1.99. The van der Waals surface area contributed by atoms with E-state index in [2.05, 4.69) is 36.1 Å². The SMILES string of the molecule is CCN(CC)C(=O)CCc1nc(-c2ccc(C(C)C)cc2)no1. The molecular weight excluding hydrogens is 290 g/mol. The van der Waals surface area contributed by atoms with Gasteiger partial charge in [-0.15, -0.1) is 0 Å². The molecule has 2 rings (SSSR count). The minimum atomic E-state index is 0.121.